The van der Waals surface area contributed by atoms with Crippen LogP contribution in [0.25, 0.3) is 0 Å². The van der Waals surface area contributed by atoms with Gasteiger partial charge in [0.25, 0.3) is 0 Å². The Balaban J connectivity index is 1.54. The van der Waals surface area contributed by atoms with Crippen molar-refractivity contribution in [1.29, 1.82) is 0 Å². The molecule has 1 fully saturated rings. The van der Waals surface area contributed by atoms with E-state index in [2.05, 4.69) is 56.5 Å². The highest BCUT2D eigenvalue weighted by Crippen LogP contribution is 2.19. The van der Waals surface area contributed by atoms with Crippen molar-refractivity contribution in [2.24, 2.45) is 0 Å². The molecule has 0 saturated carbocycles. The molecule has 27 heavy (non-hydrogen) atoms. The zero-order chi connectivity index (χ0) is 19.4. The molecule has 0 spiro atoms. The van der Waals surface area contributed by atoms with Crippen molar-refractivity contribution in [2.75, 3.05) is 42.9 Å². The van der Waals surface area contributed by atoms with E-state index in [1.807, 2.05) is 37.3 Å². The van der Waals surface area contributed by atoms with Crippen molar-refractivity contribution in [2.45, 2.75) is 26.7 Å². The zero-order valence-corrected chi connectivity index (χ0v) is 18.2. The van der Waals surface area contributed by atoms with Crippen LogP contribution in [0.5, 0.6) is 0 Å². The molecule has 3 rings (SSSR count). The first-order chi connectivity index (χ1) is 12.9. The molecular weight excluding hydrogens is 453 g/mol. The van der Waals surface area contributed by atoms with Gasteiger partial charge in [-0.15, -0.1) is 0 Å². The summed E-state index contributed by atoms with van der Waals surface area (Å²) in [5.74, 6) is 2.23. The quantitative estimate of drug-likeness (QED) is 0.668. The monoisotopic (exact) mass is 479 g/mol. The number of amides is 1. The third-order valence-electron chi connectivity index (χ3n) is 4.55. The number of nitrogens with zero attached hydrogens (tertiary/aromatic N) is 4. The maximum Gasteiger partial charge on any atom is 0.238 e. The minimum atomic E-state index is 0.0328. The molecule has 0 bridgehead atoms. The molecule has 2 aromatic rings. The van der Waals surface area contributed by atoms with Crippen molar-refractivity contribution in [3.05, 3.63) is 45.4 Å². The van der Waals surface area contributed by atoms with Crippen molar-refractivity contribution in [3.8, 4) is 0 Å². The molecule has 7 heteroatoms. The first kappa shape index (κ1) is 20.0. The van der Waals surface area contributed by atoms with Crippen LogP contribution < -0.4 is 10.2 Å². The number of hydrogen-bond donors (Lipinski definition) is 1. The lowest BCUT2D eigenvalue weighted by atomic mass is 10.2. The Bertz CT molecular complexity index is 803. The van der Waals surface area contributed by atoms with Crippen molar-refractivity contribution >= 4 is 40.0 Å². The minimum absolute atomic E-state index is 0.0328. The van der Waals surface area contributed by atoms with Gasteiger partial charge < -0.3 is 10.2 Å². The summed E-state index contributed by atoms with van der Waals surface area (Å²) < 4.78 is 1.11. The fourth-order valence-electron chi connectivity index (χ4n) is 3.10. The minimum Gasteiger partial charge on any atom is -0.354 e. The van der Waals surface area contributed by atoms with Crippen LogP contribution in [0, 0.1) is 10.5 Å². The molecule has 1 aromatic heterocycles. The Morgan fingerprint density at radius 1 is 1.19 bits per heavy atom. The van der Waals surface area contributed by atoms with E-state index in [0.717, 1.165) is 52.8 Å². The number of rotatable bonds is 5. The first-order valence-corrected chi connectivity index (χ1v) is 10.4. The number of hydrogen-bond acceptors (Lipinski definition) is 5. The number of carbonyl (C=O) groups is 1. The number of carbonyl (C=O) groups excluding carboxylic acids is 1. The molecule has 0 radical (unpaired) electrons. The van der Waals surface area contributed by atoms with Gasteiger partial charge in [0.05, 0.1) is 6.54 Å². The van der Waals surface area contributed by atoms with E-state index in [1.165, 1.54) is 0 Å². The number of benzene rings is 1. The molecule has 6 nitrogen and oxygen atoms in total. The van der Waals surface area contributed by atoms with Crippen molar-refractivity contribution in [3.63, 3.8) is 0 Å². The van der Waals surface area contributed by atoms with E-state index < -0.39 is 0 Å². The third kappa shape index (κ3) is 5.62. The normalized spacial score (nSPS) is 15.2. The Hall–Kier alpha value is -1.74. The summed E-state index contributed by atoms with van der Waals surface area (Å²) in [5, 5.41) is 2.98. The van der Waals surface area contributed by atoms with Crippen LogP contribution in [0.4, 0.5) is 11.5 Å². The van der Waals surface area contributed by atoms with Gasteiger partial charge in [0.1, 0.15) is 11.6 Å². The average Bonchev–Trinajstić information content (AvgIpc) is 2.61. The molecular formula is C20H26IN5O. The molecule has 0 unspecified atom stereocenters. The molecule has 0 atom stereocenters. The van der Waals surface area contributed by atoms with Gasteiger partial charge >= 0.3 is 0 Å². The molecule has 1 aromatic carbocycles. The van der Waals surface area contributed by atoms with Crippen LogP contribution in [0.1, 0.15) is 31.3 Å². The molecule has 0 aliphatic carbocycles. The summed E-state index contributed by atoms with van der Waals surface area (Å²) in [6, 6.07) is 9.90. The van der Waals surface area contributed by atoms with E-state index in [4.69, 9.17) is 4.98 Å². The standard InChI is InChI=1S/C20H26IN5O/c1-14(2)20-22-15(3)11-18(24-20)26-9-7-25(8-10-26)13-19(27)23-17-6-4-5-16(21)12-17/h4-6,11-12,14H,7-10,13H2,1-3H3,(H,23,27). The average molecular weight is 479 g/mol. The van der Waals surface area contributed by atoms with E-state index in [9.17, 15) is 4.79 Å². The van der Waals surface area contributed by atoms with Crippen LogP contribution in [0.2, 0.25) is 0 Å². The summed E-state index contributed by atoms with van der Waals surface area (Å²) >= 11 is 2.25. The van der Waals surface area contributed by atoms with Gasteiger partial charge in [-0.25, -0.2) is 9.97 Å². The Morgan fingerprint density at radius 2 is 1.93 bits per heavy atom. The molecule has 1 saturated heterocycles. The smallest absolute Gasteiger partial charge is 0.238 e. The van der Waals surface area contributed by atoms with Gasteiger partial charge in [0.2, 0.25) is 5.91 Å². The lowest BCUT2D eigenvalue weighted by molar-refractivity contribution is -0.117. The number of aryl methyl sites for hydroxylation is 1. The molecule has 1 aliphatic heterocycles. The largest absolute Gasteiger partial charge is 0.354 e. The van der Waals surface area contributed by atoms with Gasteiger partial charge in [0.15, 0.2) is 0 Å². The van der Waals surface area contributed by atoms with Crippen molar-refractivity contribution in [1.82, 2.24) is 14.9 Å². The Morgan fingerprint density at radius 3 is 2.59 bits per heavy atom. The summed E-state index contributed by atoms with van der Waals surface area (Å²) in [7, 11) is 0. The third-order valence-corrected chi connectivity index (χ3v) is 5.22. The van der Waals surface area contributed by atoms with Crippen LogP contribution in [-0.2, 0) is 4.79 Å². The zero-order valence-electron chi connectivity index (χ0n) is 16.1. The second kappa shape index (κ2) is 8.97. The van der Waals surface area contributed by atoms with Crippen LogP contribution in [0.3, 0.4) is 0 Å². The van der Waals surface area contributed by atoms with E-state index in [1.54, 1.807) is 0 Å². The SMILES string of the molecule is Cc1cc(N2CCN(CC(=O)Nc3cccc(I)c3)CC2)nc(C(C)C)n1. The van der Waals surface area contributed by atoms with Gasteiger partial charge in [0, 0.05) is 53.1 Å². The summed E-state index contributed by atoms with van der Waals surface area (Å²) in [4.78, 5) is 26.0. The van der Waals surface area contributed by atoms with Crippen LogP contribution in [0.15, 0.2) is 30.3 Å². The Kier molecular flexibility index (Phi) is 6.64. The van der Waals surface area contributed by atoms with Gasteiger partial charge in [-0.2, -0.15) is 0 Å². The van der Waals surface area contributed by atoms with Gasteiger partial charge in [-0.3, -0.25) is 9.69 Å². The molecule has 1 aliphatic rings. The first-order valence-electron chi connectivity index (χ1n) is 9.29. The number of nitrogens with one attached hydrogen (secondary N) is 1. The lowest BCUT2D eigenvalue weighted by Crippen LogP contribution is -2.49. The fraction of sp³-hybridized carbons (Fsp3) is 0.450. The second-order valence-corrected chi connectivity index (χ2v) is 8.45. The van der Waals surface area contributed by atoms with E-state index in [0.29, 0.717) is 12.5 Å². The van der Waals surface area contributed by atoms with E-state index >= 15 is 0 Å². The molecule has 2 heterocycles. The molecule has 1 N–H and O–H groups in total. The highest BCUT2D eigenvalue weighted by atomic mass is 127. The number of halogens is 1. The predicted octanol–water partition coefficient (Wildman–Crippen LogP) is 3.27. The highest BCUT2D eigenvalue weighted by molar-refractivity contribution is 14.1. The van der Waals surface area contributed by atoms with Crippen LogP contribution >= 0.6 is 22.6 Å². The van der Waals surface area contributed by atoms with Crippen molar-refractivity contribution < 1.29 is 4.79 Å². The topological polar surface area (TPSA) is 61.4 Å². The highest BCUT2D eigenvalue weighted by Gasteiger charge is 2.21. The maximum absolute atomic E-state index is 12.3. The number of aromatic nitrogens is 2. The number of anilines is 2. The van der Waals surface area contributed by atoms with E-state index in [-0.39, 0.29) is 5.91 Å². The lowest BCUT2D eigenvalue weighted by Gasteiger charge is -2.35. The summed E-state index contributed by atoms with van der Waals surface area (Å²) in [6.45, 7) is 10.1. The number of piperazine rings is 1. The Labute approximate surface area is 174 Å². The molecule has 144 valence electrons. The second-order valence-electron chi connectivity index (χ2n) is 7.20. The van der Waals surface area contributed by atoms with Gasteiger partial charge in [-0.05, 0) is 47.7 Å². The maximum atomic E-state index is 12.3. The van der Waals surface area contributed by atoms with Crippen LogP contribution in [-0.4, -0.2) is 53.5 Å². The summed E-state index contributed by atoms with van der Waals surface area (Å²) in [6.07, 6.45) is 0. The fourth-order valence-corrected chi connectivity index (χ4v) is 3.64. The predicted molar refractivity (Wildman–Crippen MR) is 117 cm³/mol. The summed E-state index contributed by atoms with van der Waals surface area (Å²) in [5.41, 5.74) is 1.85. The molecule has 1 amide bonds. The van der Waals surface area contributed by atoms with Gasteiger partial charge in [-0.1, -0.05) is 19.9 Å².